The van der Waals surface area contributed by atoms with Crippen molar-refractivity contribution in [3.63, 3.8) is 0 Å². The zero-order chi connectivity index (χ0) is 11.0. The van der Waals surface area contributed by atoms with E-state index in [1.165, 1.54) is 5.56 Å². The van der Waals surface area contributed by atoms with Crippen LogP contribution in [0, 0.1) is 11.8 Å². The van der Waals surface area contributed by atoms with E-state index in [4.69, 9.17) is 0 Å². The van der Waals surface area contributed by atoms with Gasteiger partial charge in [0.1, 0.15) is 5.78 Å². The third-order valence-electron chi connectivity index (χ3n) is 3.81. The SMILES string of the molecule is O=C1C[C@H]2C[C@H]1CN(Cc1ccccc1)C2. The van der Waals surface area contributed by atoms with E-state index >= 15 is 0 Å². The van der Waals surface area contributed by atoms with Crippen LogP contribution in [0.5, 0.6) is 0 Å². The Morgan fingerprint density at radius 3 is 2.75 bits per heavy atom. The Morgan fingerprint density at radius 2 is 2.00 bits per heavy atom. The molecule has 2 fully saturated rings. The smallest absolute Gasteiger partial charge is 0.137 e. The molecule has 3 rings (SSSR count). The Balaban J connectivity index is 1.67. The molecule has 1 heterocycles. The molecule has 2 aliphatic rings. The van der Waals surface area contributed by atoms with E-state index in [0.29, 0.717) is 17.6 Å². The van der Waals surface area contributed by atoms with Crippen molar-refractivity contribution in [2.45, 2.75) is 19.4 Å². The van der Waals surface area contributed by atoms with Crippen LogP contribution < -0.4 is 0 Å². The van der Waals surface area contributed by atoms with E-state index in [-0.39, 0.29) is 0 Å². The summed E-state index contributed by atoms with van der Waals surface area (Å²) in [5.41, 5.74) is 1.36. The number of rotatable bonds is 2. The molecule has 1 aliphatic heterocycles. The second-order valence-electron chi connectivity index (χ2n) is 5.15. The van der Waals surface area contributed by atoms with Crippen molar-refractivity contribution in [3.05, 3.63) is 35.9 Å². The van der Waals surface area contributed by atoms with Crippen LogP contribution >= 0.6 is 0 Å². The molecule has 0 N–H and O–H groups in total. The fraction of sp³-hybridized carbons (Fsp3) is 0.500. The summed E-state index contributed by atoms with van der Waals surface area (Å²) >= 11 is 0. The quantitative estimate of drug-likeness (QED) is 0.753. The topological polar surface area (TPSA) is 20.3 Å². The Hall–Kier alpha value is -1.15. The molecule has 2 bridgehead atoms. The van der Waals surface area contributed by atoms with Crippen LogP contribution in [0.4, 0.5) is 0 Å². The standard InChI is InChI=1S/C14H17NO/c16-14-7-12-6-13(14)10-15(9-12)8-11-4-2-1-3-5-11/h1-5,12-13H,6-10H2/t12-,13+/m1/s1. The predicted molar refractivity (Wildman–Crippen MR) is 62.9 cm³/mol. The fourth-order valence-corrected chi connectivity index (χ4v) is 3.11. The zero-order valence-corrected chi connectivity index (χ0v) is 9.43. The molecule has 0 unspecified atom stereocenters. The van der Waals surface area contributed by atoms with Gasteiger partial charge in [0.05, 0.1) is 0 Å². The Morgan fingerprint density at radius 1 is 1.19 bits per heavy atom. The van der Waals surface area contributed by atoms with Gasteiger partial charge in [0.25, 0.3) is 0 Å². The molecule has 0 spiro atoms. The average molecular weight is 215 g/mol. The average Bonchev–Trinajstić information content (AvgIpc) is 2.54. The van der Waals surface area contributed by atoms with Crippen LogP contribution in [0.1, 0.15) is 18.4 Å². The van der Waals surface area contributed by atoms with Crippen molar-refractivity contribution in [2.75, 3.05) is 13.1 Å². The number of hydrogen-bond acceptors (Lipinski definition) is 2. The molecule has 2 heteroatoms. The van der Waals surface area contributed by atoms with E-state index in [1.807, 2.05) is 6.07 Å². The Labute approximate surface area is 96.3 Å². The zero-order valence-electron chi connectivity index (χ0n) is 9.43. The minimum Gasteiger partial charge on any atom is -0.299 e. The van der Waals surface area contributed by atoms with Gasteiger partial charge in [0, 0.05) is 32.0 Å². The Bertz CT molecular complexity index is 387. The number of Topliss-reactive ketones (excluding diaryl/α,β-unsaturated/α-hetero) is 1. The number of nitrogens with zero attached hydrogens (tertiary/aromatic N) is 1. The van der Waals surface area contributed by atoms with E-state index in [9.17, 15) is 4.79 Å². The largest absolute Gasteiger partial charge is 0.299 e. The maximum Gasteiger partial charge on any atom is 0.137 e. The van der Waals surface area contributed by atoms with Crippen LogP contribution in [-0.2, 0) is 11.3 Å². The number of likely N-dealkylation sites (tertiary alicyclic amines) is 1. The summed E-state index contributed by atoms with van der Waals surface area (Å²) in [6.07, 6.45) is 1.97. The lowest BCUT2D eigenvalue weighted by Crippen LogP contribution is -2.36. The highest BCUT2D eigenvalue weighted by atomic mass is 16.1. The first-order valence-electron chi connectivity index (χ1n) is 6.10. The van der Waals surface area contributed by atoms with Gasteiger partial charge in [-0.15, -0.1) is 0 Å². The molecule has 0 amide bonds. The van der Waals surface area contributed by atoms with Crippen molar-refractivity contribution < 1.29 is 4.79 Å². The maximum absolute atomic E-state index is 11.6. The monoisotopic (exact) mass is 215 g/mol. The minimum atomic E-state index is 0.336. The highest BCUT2D eigenvalue weighted by Crippen LogP contribution is 2.34. The summed E-state index contributed by atoms with van der Waals surface area (Å²) in [6, 6.07) is 10.5. The van der Waals surface area contributed by atoms with Crippen LogP contribution in [-0.4, -0.2) is 23.8 Å². The van der Waals surface area contributed by atoms with Crippen molar-refractivity contribution in [2.24, 2.45) is 11.8 Å². The van der Waals surface area contributed by atoms with Gasteiger partial charge in [-0.1, -0.05) is 30.3 Å². The fourth-order valence-electron chi connectivity index (χ4n) is 3.11. The highest BCUT2D eigenvalue weighted by molar-refractivity contribution is 5.83. The molecule has 2 atom stereocenters. The van der Waals surface area contributed by atoms with Crippen molar-refractivity contribution in [1.82, 2.24) is 4.90 Å². The summed E-state index contributed by atoms with van der Waals surface area (Å²) in [7, 11) is 0. The number of carbonyl (C=O) groups is 1. The molecular weight excluding hydrogens is 198 g/mol. The number of benzene rings is 1. The predicted octanol–water partition coefficient (Wildman–Crippen LogP) is 2.10. The van der Waals surface area contributed by atoms with Crippen molar-refractivity contribution >= 4 is 5.78 Å². The van der Waals surface area contributed by atoms with Gasteiger partial charge in [-0.25, -0.2) is 0 Å². The lowest BCUT2D eigenvalue weighted by atomic mass is 9.98. The third-order valence-corrected chi connectivity index (χ3v) is 3.81. The van der Waals surface area contributed by atoms with Gasteiger partial charge < -0.3 is 0 Å². The molecule has 1 aromatic carbocycles. The summed E-state index contributed by atoms with van der Waals surface area (Å²) in [5, 5.41) is 0. The Kier molecular flexibility index (Phi) is 2.52. The van der Waals surface area contributed by atoms with Crippen LogP contribution in [0.2, 0.25) is 0 Å². The van der Waals surface area contributed by atoms with Gasteiger partial charge in [-0.2, -0.15) is 0 Å². The number of ketones is 1. The van der Waals surface area contributed by atoms with Gasteiger partial charge in [0.2, 0.25) is 0 Å². The molecule has 84 valence electrons. The minimum absolute atomic E-state index is 0.336. The normalized spacial score (nSPS) is 29.6. The summed E-state index contributed by atoms with van der Waals surface area (Å²) < 4.78 is 0. The molecule has 1 saturated carbocycles. The van der Waals surface area contributed by atoms with Crippen molar-refractivity contribution in [1.29, 1.82) is 0 Å². The molecule has 16 heavy (non-hydrogen) atoms. The molecule has 1 aromatic rings. The van der Waals surface area contributed by atoms with E-state index in [1.54, 1.807) is 0 Å². The molecule has 1 saturated heterocycles. The number of fused-ring (bicyclic) bond motifs is 2. The van der Waals surface area contributed by atoms with Crippen molar-refractivity contribution in [3.8, 4) is 0 Å². The van der Waals surface area contributed by atoms with Gasteiger partial charge in [-0.3, -0.25) is 9.69 Å². The van der Waals surface area contributed by atoms with Crippen LogP contribution in [0.15, 0.2) is 30.3 Å². The number of carbonyl (C=O) groups excluding carboxylic acids is 1. The van der Waals surface area contributed by atoms with Crippen LogP contribution in [0.3, 0.4) is 0 Å². The molecular formula is C14H17NO. The third kappa shape index (κ3) is 1.90. The lowest BCUT2D eigenvalue weighted by molar-refractivity contribution is -0.120. The summed E-state index contributed by atoms with van der Waals surface area (Å²) in [5.74, 6) is 1.47. The molecule has 0 aromatic heterocycles. The van der Waals surface area contributed by atoms with E-state index in [0.717, 1.165) is 32.5 Å². The molecule has 2 nitrogen and oxygen atoms in total. The first-order chi connectivity index (χ1) is 7.81. The van der Waals surface area contributed by atoms with Crippen LogP contribution in [0.25, 0.3) is 0 Å². The first kappa shape index (κ1) is 10.0. The second kappa shape index (κ2) is 4.02. The summed E-state index contributed by atoms with van der Waals surface area (Å²) in [4.78, 5) is 14.1. The second-order valence-corrected chi connectivity index (χ2v) is 5.15. The lowest BCUT2D eigenvalue weighted by Gasteiger charge is -2.30. The number of hydrogen-bond donors (Lipinski definition) is 0. The van der Waals surface area contributed by atoms with Gasteiger partial charge >= 0.3 is 0 Å². The maximum atomic E-state index is 11.6. The van der Waals surface area contributed by atoms with E-state index < -0.39 is 0 Å². The molecule has 1 aliphatic carbocycles. The van der Waals surface area contributed by atoms with Gasteiger partial charge in [-0.05, 0) is 17.9 Å². The van der Waals surface area contributed by atoms with E-state index in [2.05, 4.69) is 29.2 Å². The first-order valence-corrected chi connectivity index (χ1v) is 6.10. The highest BCUT2D eigenvalue weighted by Gasteiger charge is 2.38. The number of piperidine rings is 1. The molecule has 0 radical (unpaired) electrons. The summed E-state index contributed by atoms with van der Waals surface area (Å²) in [6.45, 7) is 3.09. The van der Waals surface area contributed by atoms with Gasteiger partial charge in [0.15, 0.2) is 0 Å².